The minimum Gasteiger partial charge on any atom is -0.497 e. The maximum atomic E-state index is 11.3. The highest BCUT2D eigenvalue weighted by Gasteiger charge is 2.19. The van der Waals surface area contributed by atoms with E-state index in [0.717, 1.165) is 39.0 Å². The van der Waals surface area contributed by atoms with Crippen LogP contribution in [0.4, 0.5) is 0 Å². The second kappa shape index (κ2) is 9.64. The molecule has 3 aromatic carbocycles. The molecule has 0 radical (unpaired) electrons. The smallest absolute Gasteiger partial charge is 0.335 e. The Kier molecular flexibility index (Phi) is 6.39. The first-order valence-corrected chi connectivity index (χ1v) is 11.9. The molecule has 0 spiro atoms. The summed E-state index contributed by atoms with van der Waals surface area (Å²) < 4.78 is 7.23. The lowest BCUT2D eigenvalue weighted by atomic mass is 10.0. The van der Waals surface area contributed by atoms with Crippen molar-refractivity contribution in [2.75, 3.05) is 7.11 Å². The van der Waals surface area contributed by atoms with E-state index in [4.69, 9.17) is 33.0 Å². The number of halogens is 2. The molecular weight excluding hydrogens is 497 g/mol. The van der Waals surface area contributed by atoms with Crippen LogP contribution >= 0.6 is 23.2 Å². The zero-order chi connectivity index (χ0) is 25.4. The molecule has 5 aromatic rings. The number of carbonyl (C=O) groups is 1. The van der Waals surface area contributed by atoms with Gasteiger partial charge >= 0.3 is 5.97 Å². The van der Waals surface area contributed by atoms with E-state index in [-0.39, 0.29) is 11.6 Å². The number of fused-ring (bicyclic) bond motifs is 1. The van der Waals surface area contributed by atoms with Gasteiger partial charge in [-0.1, -0.05) is 35.3 Å². The monoisotopic (exact) mass is 517 g/mol. The summed E-state index contributed by atoms with van der Waals surface area (Å²) in [6.45, 7) is 2.01. The van der Waals surface area contributed by atoms with Gasteiger partial charge in [-0.25, -0.2) is 4.79 Å². The number of hydrogen-bond acceptors (Lipinski definition) is 4. The van der Waals surface area contributed by atoms with Gasteiger partial charge in [0, 0.05) is 38.8 Å². The third-order valence-corrected chi connectivity index (χ3v) is 6.52. The second-order valence-electron chi connectivity index (χ2n) is 8.40. The van der Waals surface area contributed by atoms with E-state index in [0.29, 0.717) is 15.7 Å². The van der Waals surface area contributed by atoms with E-state index in [1.165, 1.54) is 0 Å². The van der Waals surface area contributed by atoms with Crippen LogP contribution in [-0.2, 0) is 0 Å². The van der Waals surface area contributed by atoms with Gasteiger partial charge in [-0.05, 0) is 67.1 Å². The third-order valence-electron chi connectivity index (χ3n) is 6.09. The van der Waals surface area contributed by atoms with E-state index in [1.54, 1.807) is 37.4 Å². The van der Waals surface area contributed by atoms with Crippen LogP contribution in [-0.4, -0.2) is 33.0 Å². The van der Waals surface area contributed by atoms with Crippen LogP contribution in [0.3, 0.4) is 0 Å². The summed E-state index contributed by atoms with van der Waals surface area (Å²) in [6.07, 6.45) is 1.81. The summed E-state index contributed by atoms with van der Waals surface area (Å²) in [7, 11) is 1.63. The predicted octanol–water partition coefficient (Wildman–Crippen LogP) is 7.39. The average molecular weight is 518 g/mol. The van der Waals surface area contributed by atoms with Gasteiger partial charge < -0.3 is 9.84 Å². The number of ether oxygens (including phenoxy) is 1. The molecule has 0 saturated heterocycles. The SMILES string of the molecule is COc1ccc2cc(-c3cc(-c4cc(Cl)cc(Cl)c4)nn3C(C)c3ccc(C(=O)O)cc3)cnc2c1. The first kappa shape index (κ1) is 23.9. The number of hydrogen-bond donors (Lipinski definition) is 1. The van der Waals surface area contributed by atoms with E-state index in [2.05, 4.69) is 11.1 Å². The molecule has 0 amide bonds. The first-order chi connectivity index (χ1) is 17.3. The standard InChI is InChI=1S/C28H21Cl2N3O3/c1-16(17-3-5-18(6-4-17)28(34)35)33-27(14-26(32-33)20-10-22(29)12-23(30)11-20)21-9-19-7-8-24(36-2)13-25(19)31-15-21/h3-16H,1-2H3,(H,34,35). The Morgan fingerprint density at radius 2 is 1.67 bits per heavy atom. The summed E-state index contributed by atoms with van der Waals surface area (Å²) in [6, 6.07) is 21.7. The fraction of sp³-hybridized carbons (Fsp3) is 0.107. The van der Waals surface area contributed by atoms with Crippen molar-refractivity contribution in [1.29, 1.82) is 0 Å². The molecule has 6 nitrogen and oxygen atoms in total. The molecule has 0 aliphatic carbocycles. The molecule has 1 atom stereocenters. The number of nitrogens with zero attached hydrogens (tertiary/aromatic N) is 3. The highest BCUT2D eigenvalue weighted by atomic mass is 35.5. The molecule has 0 bridgehead atoms. The molecule has 0 saturated carbocycles. The molecule has 2 heterocycles. The number of aromatic carboxylic acids is 1. The number of carboxylic acids is 1. The number of carboxylic acid groups (broad SMARTS) is 1. The summed E-state index contributed by atoms with van der Waals surface area (Å²) >= 11 is 12.5. The third kappa shape index (κ3) is 4.65. The zero-order valence-corrected chi connectivity index (χ0v) is 21.0. The average Bonchev–Trinajstić information content (AvgIpc) is 3.33. The fourth-order valence-corrected chi connectivity index (χ4v) is 4.69. The topological polar surface area (TPSA) is 77.2 Å². The molecular formula is C28H21Cl2N3O3. The van der Waals surface area contributed by atoms with Crippen LogP contribution in [0.15, 0.2) is 79.0 Å². The van der Waals surface area contributed by atoms with Crippen LogP contribution < -0.4 is 4.74 Å². The Morgan fingerprint density at radius 3 is 2.33 bits per heavy atom. The number of rotatable bonds is 6. The lowest BCUT2D eigenvalue weighted by Crippen LogP contribution is -2.10. The molecule has 2 aromatic heterocycles. The van der Waals surface area contributed by atoms with Gasteiger partial charge in [0.05, 0.1) is 35.6 Å². The summed E-state index contributed by atoms with van der Waals surface area (Å²) in [4.78, 5) is 16.0. The van der Waals surface area contributed by atoms with Gasteiger partial charge in [0.1, 0.15) is 5.75 Å². The van der Waals surface area contributed by atoms with Crippen molar-refractivity contribution in [2.45, 2.75) is 13.0 Å². The maximum absolute atomic E-state index is 11.3. The number of pyridine rings is 1. The molecule has 1 unspecified atom stereocenters. The molecule has 0 fully saturated rings. The normalized spacial score (nSPS) is 12.0. The Bertz CT molecular complexity index is 1580. The van der Waals surface area contributed by atoms with Crippen molar-refractivity contribution >= 4 is 40.1 Å². The van der Waals surface area contributed by atoms with E-state index >= 15 is 0 Å². The molecule has 8 heteroatoms. The van der Waals surface area contributed by atoms with Crippen molar-refractivity contribution in [3.05, 3.63) is 100 Å². The molecule has 0 aliphatic rings. The van der Waals surface area contributed by atoms with Crippen LogP contribution in [0.5, 0.6) is 5.75 Å². The maximum Gasteiger partial charge on any atom is 0.335 e. The lowest BCUT2D eigenvalue weighted by molar-refractivity contribution is 0.0697. The van der Waals surface area contributed by atoms with Crippen molar-refractivity contribution in [3.63, 3.8) is 0 Å². The number of methoxy groups -OCH3 is 1. The minimum absolute atomic E-state index is 0.196. The Hall–Kier alpha value is -3.87. The number of benzene rings is 3. The van der Waals surface area contributed by atoms with Gasteiger partial charge in [-0.15, -0.1) is 0 Å². The van der Waals surface area contributed by atoms with Gasteiger partial charge in [-0.2, -0.15) is 5.10 Å². The molecule has 5 rings (SSSR count). The van der Waals surface area contributed by atoms with Crippen molar-refractivity contribution < 1.29 is 14.6 Å². The Morgan fingerprint density at radius 1 is 0.944 bits per heavy atom. The fourth-order valence-electron chi connectivity index (χ4n) is 4.16. The van der Waals surface area contributed by atoms with Gasteiger partial charge in [-0.3, -0.25) is 9.67 Å². The number of aromatic nitrogens is 3. The van der Waals surface area contributed by atoms with Crippen LogP contribution in [0, 0.1) is 0 Å². The predicted molar refractivity (Wildman–Crippen MR) is 142 cm³/mol. The Labute approximate surface area is 217 Å². The summed E-state index contributed by atoms with van der Waals surface area (Å²) in [5.41, 5.74) is 5.20. The van der Waals surface area contributed by atoms with E-state index in [9.17, 15) is 9.90 Å². The van der Waals surface area contributed by atoms with Crippen LogP contribution in [0.2, 0.25) is 10.0 Å². The highest BCUT2D eigenvalue weighted by molar-refractivity contribution is 6.35. The van der Waals surface area contributed by atoms with Crippen molar-refractivity contribution in [3.8, 4) is 28.3 Å². The largest absolute Gasteiger partial charge is 0.497 e. The van der Waals surface area contributed by atoms with E-state index < -0.39 is 5.97 Å². The molecule has 1 N–H and O–H groups in total. The zero-order valence-electron chi connectivity index (χ0n) is 19.4. The Balaban J connectivity index is 1.65. The summed E-state index contributed by atoms with van der Waals surface area (Å²) in [5.74, 6) is -0.223. The van der Waals surface area contributed by atoms with Gasteiger partial charge in [0.2, 0.25) is 0 Å². The molecule has 0 aliphatic heterocycles. The molecule has 36 heavy (non-hydrogen) atoms. The quantitative estimate of drug-likeness (QED) is 0.254. The van der Waals surface area contributed by atoms with E-state index in [1.807, 2.05) is 54.2 Å². The van der Waals surface area contributed by atoms with Crippen LogP contribution in [0.25, 0.3) is 33.4 Å². The second-order valence-corrected chi connectivity index (χ2v) is 9.28. The first-order valence-electron chi connectivity index (χ1n) is 11.2. The highest BCUT2D eigenvalue weighted by Crippen LogP contribution is 2.34. The minimum atomic E-state index is -0.965. The summed E-state index contributed by atoms with van der Waals surface area (Å²) in [5, 5.41) is 16.2. The van der Waals surface area contributed by atoms with Gasteiger partial charge in [0.25, 0.3) is 0 Å². The van der Waals surface area contributed by atoms with Crippen LogP contribution in [0.1, 0.15) is 28.9 Å². The molecule has 180 valence electrons. The van der Waals surface area contributed by atoms with Crippen molar-refractivity contribution in [1.82, 2.24) is 14.8 Å². The van der Waals surface area contributed by atoms with Crippen molar-refractivity contribution in [2.24, 2.45) is 0 Å². The lowest BCUT2D eigenvalue weighted by Gasteiger charge is -2.17. The van der Waals surface area contributed by atoms with Gasteiger partial charge in [0.15, 0.2) is 0 Å².